The highest BCUT2D eigenvalue weighted by Gasteiger charge is 2.20. The fraction of sp³-hybridized carbons (Fsp3) is 0.200. The molecule has 1 aromatic heterocycles. The van der Waals surface area contributed by atoms with Crippen molar-refractivity contribution in [1.29, 1.82) is 0 Å². The van der Waals surface area contributed by atoms with Crippen molar-refractivity contribution in [1.82, 2.24) is 0 Å². The molecule has 0 saturated heterocycles. The van der Waals surface area contributed by atoms with Crippen molar-refractivity contribution in [2.24, 2.45) is 0 Å². The van der Waals surface area contributed by atoms with Crippen molar-refractivity contribution in [3.63, 3.8) is 0 Å². The Balaban J connectivity index is 3.05. The molecule has 1 rings (SSSR count). The Labute approximate surface area is 100 Å². The smallest absolute Gasteiger partial charge is 0.345 e. The summed E-state index contributed by atoms with van der Waals surface area (Å²) in [5, 5.41) is 0. The second-order valence-electron chi connectivity index (χ2n) is 2.68. The minimum atomic E-state index is -0.778. The van der Waals surface area contributed by atoms with Crippen LogP contribution in [0.25, 0.3) is 6.08 Å². The molecule has 0 amide bonds. The highest BCUT2D eigenvalue weighted by molar-refractivity contribution is 9.10. The van der Waals surface area contributed by atoms with Gasteiger partial charge in [-0.1, -0.05) is 0 Å². The van der Waals surface area contributed by atoms with Gasteiger partial charge in [0.15, 0.2) is 4.67 Å². The van der Waals surface area contributed by atoms with Crippen LogP contribution in [0.15, 0.2) is 26.8 Å². The first kappa shape index (κ1) is 12.5. The minimum absolute atomic E-state index is 0.230. The van der Waals surface area contributed by atoms with Crippen LogP contribution < -0.4 is 0 Å². The molecule has 0 spiro atoms. The van der Waals surface area contributed by atoms with Gasteiger partial charge in [0, 0.05) is 6.08 Å². The van der Waals surface area contributed by atoms with Gasteiger partial charge in [-0.3, -0.25) is 0 Å². The lowest BCUT2D eigenvalue weighted by Gasteiger charge is -2.01. The number of carbonyl (C=O) groups is 2. The molecule has 0 atom stereocenters. The second kappa shape index (κ2) is 5.50. The average Bonchev–Trinajstić information content (AvgIpc) is 2.69. The number of carbonyl (C=O) groups excluding carboxylic acids is 2. The maximum atomic E-state index is 11.3. The number of furan rings is 1. The summed E-state index contributed by atoms with van der Waals surface area (Å²) >= 11 is 3.10. The van der Waals surface area contributed by atoms with E-state index in [1.54, 1.807) is 12.1 Å². The van der Waals surface area contributed by atoms with Crippen molar-refractivity contribution in [2.45, 2.75) is 0 Å². The Hall–Kier alpha value is -1.56. The summed E-state index contributed by atoms with van der Waals surface area (Å²) in [6.07, 6.45) is 1.25. The fourth-order valence-corrected chi connectivity index (χ4v) is 1.29. The number of esters is 2. The van der Waals surface area contributed by atoms with E-state index < -0.39 is 11.9 Å². The summed E-state index contributed by atoms with van der Waals surface area (Å²) in [6.45, 7) is 0. The quantitative estimate of drug-likeness (QED) is 0.367. The van der Waals surface area contributed by atoms with E-state index in [0.29, 0.717) is 10.4 Å². The Morgan fingerprint density at radius 3 is 2.19 bits per heavy atom. The Bertz CT molecular complexity index is 414. The van der Waals surface area contributed by atoms with Crippen molar-refractivity contribution in [3.05, 3.63) is 28.1 Å². The van der Waals surface area contributed by atoms with Crippen LogP contribution in [-0.4, -0.2) is 26.2 Å². The second-order valence-corrected chi connectivity index (χ2v) is 3.46. The molecular weight excluding hydrogens is 280 g/mol. The lowest BCUT2D eigenvalue weighted by atomic mass is 10.2. The Morgan fingerprint density at radius 1 is 1.25 bits per heavy atom. The molecule has 0 fully saturated rings. The molecule has 0 aliphatic heterocycles. The van der Waals surface area contributed by atoms with Crippen LogP contribution in [0.2, 0.25) is 0 Å². The minimum Gasteiger partial charge on any atom is -0.465 e. The molecule has 0 unspecified atom stereocenters. The molecule has 1 aromatic rings. The van der Waals surface area contributed by atoms with Gasteiger partial charge in [-0.25, -0.2) is 9.59 Å². The van der Waals surface area contributed by atoms with Crippen LogP contribution >= 0.6 is 15.9 Å². The lowest BCUT2D eigenvalue weighted by molar-refractivity contribution is -0.143. The normalized spacial score (nSPS) is 9.44. The third-order valence-corrected chi connectivity index (χ3v) is 2.12. The summed E-state index contributed by atoms with van der Waals surface area (Å²) < 4.78 is 14.5. The van der Waals surface area contributed by atoms with E-state index in [1.165, 1.54) is 20.3 Å². The first-order chi connectivity index (χ1) is 7.58. The van der Waals surface area contributed by atoms with Crippen LogP contribution in [0.1, 0.15) is 5.76 Å². The summed E-state index contributed by atoms with van der Waals surface area (Å²) in [5.74, 6) is -1.21. The van der Waals surface area contributed by atoms with Gasteiger partial charge in [-0.2, -0.15) is 0 Å². The van der Waals surface area contributed by atoms with E-state index in [1.807, 2.05) is 0 Å². The molecule has 0 radical (unpaired) electrons. The maximum absolute atomic E-state index is 11.3. The zero-order valence-electron chi connectivity index (χ0n) is 8.65. The highest BCUT2D eigenvalue weighted by atomic mass is 79.9. The number of ether oxygens (including phenoxy) is 2. The summed E-state index contributed by atoms with van der Waals surface area (Å²) in [4.78, 5) is 22.6. The first-order valence-corrected chi connectivity index (χ1v) is 5.01. The van der Waals surface area contributed by atoms with Gasteiger partial charge in [0.1, 0.15) is 11.3 Å². The zero-order valence-corrected chi connectivity index (χ0v) is 10.2. The van der Waals surface area contributed by atoms with E-state index in [2.05, 4.69) is 25.4 Å². The number of rotatable bonds is 3. The third kappa shape index (κ3) is 2.96. The standard InChI is InChI=1S/C10H9BrO5/c1-14-9(12)7(10(13)15-2)5-6-3-4-8(11)16-6/h3-5H,1-2H3. The van der Waals surface area contributed by atoms with Gasteiger partial charge in [0.2, 0.25) is 0 Å². The molecule has 0 aromatic carbocycles. The molecule has 0 saturated carbocycles. The average molecular weight is 289 g/mol. The van der Waals surface area contributed by atoms with Gasteiger partial charge in [-0.05, 0) is 28.1 Å². The van der Waals surface area contributed by atoms with Crippen molar-refractivity contribution in [3.8, 4) is 0 Å². The first-order valence-electron chi connectivity index (χ1n) is 4.22. The maximum Gasteiger partial charge on any atom is 0.345 e. The molecule has 0 bridgehead atoms. The summed E-state index contributed by atoms with van der Waals surface area (Å²) in [6, 6.07) is 3.23. The summed E-state index contributed by atoms with van der Waals surface area (Å²) in [5.41, 5.74) is -0.230. The van der Waals surface area contributed by atoms with Gasteiger partial charge in [0.25, 0.3) is 0 Å². The Kier molecular flexibility index (Phi) is 4.30. The molecular formula is C10H9BrO5. The molecule has 16 heavy (non-hydrogen) atoms. The monoisotopic (exact) mass is 288 g/mol. The van der Waals surface area contributed by atoms with E-state index in [0.717, 1.165) is 0 Å². The van der Waals surface area contributed by atoms with Crippen LogP contribution in [-0.2, 0) is 19.1 Å². The number of hydrogen-bond acceptors (Lipinski definition) is 5. The van der Waals surface area contributed by atoms with E-state index in [4.69, 9.17) is 4.42 Å². The molecule has 6 heteroatoms. The molecule has 1 heterocycles. The van der Waals surface area contributed by atoms with Crippen LogP contribution in [0.5, 0.6) is 0 Å². The van der Waals surface area contributed by atoms with E-state index in [-0.39, 0.29) is 5.57 Å². The van der Waals surface area contributed by atoms with E-state index in [9.17, 15) is 9.59 Å². The predicted octanol–water partition coefficient (Wildman–Crippen LogP) is 1.77. The van der Waals surface area contributed by atoms with Gasteiger partial charge < -0.3 is 13.9 Å². The van der Waals surface area contributed by atoms with Gasteiger partial charge in [0.05, 0.1) is 14.2 Å². The van der Waals surface area contributed by atoms with Crippen molar-refractivity contribution in [2.75, 3.05) is 14.2 Å². The highest BCUT2D eigenvalue weighted by Crippen LogP contribution is 2.17. The fourth-order valence-electron chi connectivity index (χ4n) is 0.969. The van der Waals surface area contributed by atoms with Crippen LogP contribution in [0.4, 0.5) is 0 Å². The largest absolute Gasteiger partial charge is 0.465 e. The van der Waals surface area contributed by atoms with Crippen molar-refractivity contribution >= 4 is 33.9 Å². The van der Waals surface area contributed by atoms with Gasteiger partial charge in [-0.15, -0.1) is 0 Å². The molecule has 5 nitrogen and oxygen atoms in total. The number of halogens is 1. The van der Waals surface area contributed by atoms with E-state index >= 15 is 0 Å². The SMILES string of the molecule is COC(=O)C(=Cc1ccc(Br)o1)C(=O)OC. The van der Waals surface area contributed by atoms with Gasteiger partial charge >= 0.3 is 11.9 Å². The third-order valence-electron chi connectivity index (χ3n) is 1.69. The van der Waals surface area contributed by atoms with Crippen LogP contribution in [0, 0.1) is 0 Å². The lowest BCUT2D eigenvalue weighted by Crippen LogP contribution is -2.15. The predicted molar refractivity (Wildman–Crippen MR) is 58.4 cm³/mol. The zero-order chi connectivity index (χ0) is 12.1. The number of methoxy groups -OCH3 is 2. The number of hydrogen-bond donors (Lipinski definition) is 0. The molecule has 86 valence electrons. The molecule has 0 aliphatic carbocycles. The van der Waals surface area contributed by atoms with Crippen molar-refractivity contribution < 1.29 is 23.5 Å². The van der Waals surface area contributed by atoms with Crippen LogP contribution in [0.3, 0.4) is 0 Å². The topological polar surface area (TPSA) is 65.7 Å². The molecule has 0 aliphatic rings. The molecule has 0 N–H and O–H groups in total. The Morgan fingerprint density at radius 2 is 1.81 bits per heavy atom. The summed E-state index contributed by atoms with van der Waals surface area (Å²) in [7, 11) is 2.36.